The summed E-state index contributed by atoms with van der Waals surface area (Å²) in [4.78, 5) is 0. The van der Waals surface area contributed by atoms with Crippen molar-refractivity contribution in [2.45, 2.75) is 47.5 Å². The van der Waals surface area contributed by atoms with Gasteiger partial charge in [0.15, 0.2) is 0 Å². The summed E-state index contributed by atoms with van der Waals surface area (Å²) in [5.74, 6) is 1.47. The molecule has 0 saturated heterocycles. The summed E-state index contributed by atoms with van der Waals surface area (Å²) in [5.41, 5.74) is 8.47. The molecule has 0 spiro atoms. The highest BCUT2D eigenvalue weighted by molar-refractivity contribution is 5.13. The van der Waals surface area contributed by atoms with Crippen LogP contribution in [0.1, 0.15) is 47.5 Å². The highest BCUT2D eigenvalue weighted by Crippen LogP contribution is 2.25. The molecule has 0 aromatic heterocycles. The van der Waals surface area contributed by atoms with Crippen LogP contribution in [0.15, 0.2) is 11.1 Å². The van der Waals surface area contributed by atoms with Crippen LogP contribution in [0.3, 0.4) is 0 Å². The van der Waals surface area contributed by atoms with E-state index in [1.807, 2.05) is 0 Å². The van der Waals surface area contributed by atoms with Crippen LogP contribution in [-0.4, -0.2) is 6.54 Å². The zero-order valence-corrected chi connectivity index (χ0v) is 9.85. The Hall–Kier alpha value is -0.300. The molecule has 1 nitrogen and oxygen atoms in total. The van der Waals surface area contributed by atoms with Gasteiger partial charge >= 0.3 is 0 Å². The lowest BCUT2D eigenvalue weighted by Crippen LogP contribution is -2.13. The van der Waals surface area contributed by atoms with Crippen LogP contribution in [0.5, 0.6) is 0 Å². The van der Waals surface area contributed by atoms with Crippen molar-refractivity contribution < 1.29 is 0 Å². The van der Waals surface area contributed by atoms with E-state index in [1.54, 1.807) is 0 Å². The Labute approximate surface area is 83.4 Å². The van der Waals surface area contributed by atoms with Gasteiger partial charge in [-0.2, -0.15) is 0 Å². The summed E-state index contributed by atoms with van der Waals surface area (Å²) in [7, 11) is 0. The highest BCUT2D eigenvalue weighted by Gasteiger charge is 2.13. The van der Waals surface area contributed by atoms with Crippen molar-refractivity contribution in [3.8, 4) is 0 Å². The average Bonchev–Trinajstić information content (AvgIpc) is 2.14. The molecule has 13 heavy (non-hydrogen) atoms. The van der Waals surface area contributed by atoms with Crippen LogP contribution in [0.2, 0.25) is 0 Å². The van der Waals surface area contributed by atoms with Gasteiger partial charge < -0.3 is 5.73 Å². The number of nitrogens with two attached hydrogens (primary N) is 1. The molecule has 0 fully saturated rings. The molecule has 0 saturated carbocycles. The van der Waals surface area contributed by atoms with Crippen molar-refractivity contribution in [1.82, 2.24) is 0 Å². The normalized spacial score (nSPS) is 18.0. The first-order chi connectivity index (χ1) is 6.04. The van der Waals surface area contributed by atoms with E-state index in [-0.39, 0.29) is 0 Å². The Balaban J connectivity index is 4.32. The molecule has 0 bridgehead atoms. The van der Waals surface area contributed by atoms with E-state index in [0.29, 0.717) is 12.5 Å². The first kappa shape index (κ1) is 12.7. The van der Waals surface area contributed by atoms with Gasteiger partial charge in [0.25, 0.3) is 0 Å². The molecule has 1 heteroatoms. The molecule has 78 valence electrons. The van der Waals surface area contributed by atoms with E-state index in [4.69, 9.17) is 5.73 Å². The van der Waals surface area contributed by atoms with Crippen molar-refractivity contribution in [2.24, 2.45) is 17.6 Å². The SMILES string of the molecule is CCCC(C)C(C)/C(C)=C(/C)CN. The second-order valence-electron chi connectivity index (χ2n) is 4.22. The van der Waals surface area contributed by atoms with Gasteiger partial charge in [-0.1, -0.05) is 44.8 Å². The molecule has 0 aliphatic rings. The van der Waals surface area contributed by atoms with Gasteiger partial charge in [-0.15, -0.1) is 0 Å². The predicted octanol–water partition coefficient (Wildman–Crippen LogP) is 3.35. The summed E-state index contributed by atoms with van der Waals surface area (Å²) in [6.45, 7) is 12.0. The minimum Gasteiger partial charge on any atom is -0.327 e. The summed E-state index contributed by atoms with van der Waals surface area (Å²) in [6.07, 6.45) is 2.59. The van der Waals surface area contributed by atoms with Gasteiger partial charge in [0.05, 0.1) is 0 Å². The van der Waals surface area contributed by atoms with Crippen LogP contribution in [-0.2, 0) is 0 Å². The van der Waals surface area contributed by atoms with Crippen LogP contribution in [0, 0.1) is 11.8 Å². The second-order valence-corrected chi connectivity index (χ2v) is 4.22. The molecule has 0 radical (unpaired) electrons. The monoisotopic (exact) mass is 183 g/mol. The minimum atomic E-state index is 0.684. The Morgan fingerprint density at radius 3 is 2.15 bits per heavy atom. The van der Waals surface area contributed by atoms with Crippen LogP contribution < -0.4 is 5.73 Å². The van der Waals surface area contributed by atoms with Gasteiger partial charge in [0.1, 0.15) is 0 Å². The summed E-state index contributed by atoms with van der Waals surface area (Å²) in [5, 5.41) is 0. The van der Waals surface area contributed by atoms with E-state index in [2.05, 4.69) is 34.6 Å². The van der Waals surface area contributed by atoms with Gasteiger partial charge in [-0.3, -0.25) is 0 Å². The lowest BCUT2D eigenvalue weighted by molar-refractivity contribution is 0.404. The van der Waals surface area contributed by atoms with Gasteiger partial charge in [0, 0.05) is 6.54 Å². The third kappa shape index (κ3) is 3.95. The number of hydrogen-bond acceptors (Lipinski definition) is 1. The predicted molar refractivity (Wildman–Crippen MR) is 60.7 cm³/mol. The average molecular weight is 183 g/mol. The van der Waals surface area contributed by atoms with E-state index in [1.165, 1.54) is 24.0 Å². The lowest BCUT2D eigenvalue weighted by Gasteiger charge is -2.22. The molecule has 2 atom stereocenters. The minimum absolute atomic E-state index is 0.684. The second kappa shape index (κ2) is 6.20. The van der Waals surface area contributed by atoms with E-state index in [9.17, 15) is 0 Å². The van der Waals surface area contributed by atoms with Crippen LogP contribution >= 0.6 is 0 Å². The standard InChI is InChI=1S/C12H25N/c1-6-7-9(2)11(4)12(5)10(3)8-13/h9,11H,6-8,13H2,1-5H3/b12-10-. The third-order valence-corrected chi connectivity index (χ3v) is 3.26. The molecule has 2 unspecified atom stereocenters. The zero-order chi connectivity index (χ0) is 10.4. The fourth-order valence-corrected chi connectivity index (χ4v) is 1.68. The molecule has 0 rings (SSSR count). The van der Waals surface area contributed by atoms with Crippen LogP contribution in [0.4, 0.5) is 0 Å². The zero-order valence-electron chi connectivity index (χ0n) is 9.85. The molecule has 0 heterocycles. The first-order valence-corrected chi connectivity index (χ1v) is 5.40. The Kier molecular flexibility index (Phi) is 6.06. The van der Waals surface area contributed by atoms with Crippen LogP contribution in [0.25, 0.3) is 0 Å². The fraction of sp³-hybridized carbons (Fsp3) is 0.833. The molecular weight excluding hydrogens is 158 g/mol. The van der Waals surface area contributed by atoms with Gasteiger partial charge in [-0.05, 0) is 25.7 Å². The topological polar surface area (TPSA) is 26.0 Å². The fourth-order valence-electron chi connectivity index (χ4n) is 1.68. The van der Waals surface area contributed by atoms with Crippen molar-refractivity contribution in [1.29, 1.82) is 0 Å². The Morgan fingerprint density at radius 1 is 1.23 bits per heavy atom. The van der Waals surface area contributed by atoms with E-state index >= 15 is 0 Å². The maximum atomic E-state index is 5.63. The highest BCUT2D eigenvalue weighted by atomic mass is 14.5. The molecular formula is C12H25N. The van der Waals surface area contributed by atoms with Crippen molar-refractivity contribution in [3.63, 3.8) is 0 Å². The van der Waals surface area contributed by atoms with Crippen molar-refractivity contribution in [2.75, 3.05) is 6.54 Å². The third-order valence-electron chi connectivity index (χ3n) is 3.26. The van der Waals surface area contributed by atoms with Gasteiger partial charge in [-0.25, -0.2) is 0 Å². The molecule has 0 aromatic rings. The Morgan fingerprint density at radius 2 is 1.77 bits per heavy atom. The maximum absolute atomic E-state index is 5.63. The summed E-state index contributed by atoms with van der Waals surface area (Å²) < 4.78 is 0. The van der Waals surface area contributed by atoms with Gasteiger partial charge in [0.2, 0.25) is 0 Å². The van der Waals surface area contributed by atoms with E-state index < -0.39 is 0 Å². The summed E-state index contributed by atoms with van der Waals surface area (Å²) in [6, 6.07) is 0. The quantitative estimate of drug-likeness (QED) is 0.650. The lowest BCUT2D eigenvalue weighted by atomic mass is 9.84. The maximum Gasteiger partial charge on any atom is 0.0136 e. The van der Waals surface area contributed by atoms with Crippen molar-refractivity contribution in [3.05, 3.63) is 11.1 Å². The van der Waals surface area contributed by atoms with Crippen molar-refractivity contribution >= 4 is 0 Å². The number of hydrogen-bond donors (Lipinski definition) is 1. The molecule has 0 amide bonds. The number of rotatable bonds is 5. The summed E-state index contributed by atoms with van der Waals surface area (Å²) >= 11 is 0. The molecule has 0 aliphatic heterocycles. The number of allylic oxidation sites excluding steroid dienone is 1. The Bertz CT molecular complexity index is 170. The van der Waals surface area contributed by atoms with E-state index in [0.717, 1.165) is 5.92 Å². The smallest absolute Gasteiger partial charge is 0.0136 e. The molecule has 2 N–H and O–H groups in total. The molecule has 0 aromatic carbocycles. The first-order valence-electron chi connectivity index (χ1n) is 5.40. The molecule has 0 aliphatic carbocycles. The largest absolute Gasteiger partial charge is 0.327 e.